The van der Waals surface area contributed by atoms with Gasteiger partial charge in [0.15, 0.2) is 5.43 Å². The summed E-state index contributed by atoms with van der Waals surface area (Å²) >= 11 is 1.37. The summed E-state index contributed by atoms with van der Waals surface area (Å²) in [4.78, 5) is 28.8. The van der Waals surface area contributed by atoms with Gasteiger partial charge in [-0.25, -0.2) is 0 Å². The molecular weight excluding hydrogens is 450 g/mol. The Morgan fingerprint density at radius 3 is 2.74 bits per heavy atom. The molecule has 2 aromatic heterocycles. The van der Waals surface area contributed by atoms with Crippen molar-refractivity contribution in [1.82, 2.24) is 10.2 Å². The number of para-hydroxylation sites is 1. The maximum absolute atomic E-state index is 13.6. The summed E-state index contributed by atoms with van der Waals surface area (Å²) in [6, 6.07) is 13.9. The standard InChI is InChI=1S/C26H25N3O4S/c1-3-5-14-32-17-11-8-10-16(15-17)22-21-23(30)18-12-6-7-13-19(18)33-24(21)25(31)29(22)26-28-27-20(34-26)9-4-2/h6-8,10-13,15,22H,3-5,9,14H2,1-2H3. The fourth-order valence-electron chi connectivity index (χ4n) is 4.20. The van der Waals surface area contributed by atoms with Crippen LogP contribution < -0.4 is 15.1 Å². The van der Waals surface area contributed by atoms with Gasteiger partial charge in [0.05, 0.1) is 23.6 Å². The zero-order valence-corrected chi connectivity index (χ0v) is 19.9. The van der Waals surface area contributed by atoms with Crippen molar-refractivity contribution in [3.63, 3.8) is 0 Å². The number of hydrogen-bond acceptors (Lipinski definition) is 7. The quantitative estimate of drug-likeness (QED) is 0.312. The highest BCUT2D eigenvalue weighted by molar-refractivity contribution is 7.15. The molecule has 1 unspecified atom stereocenters. The van der Waals surface area contributed by atoms with Gasteiger partial charge < -0.3 is 9.15 Å². The van der Waals surface area contributed by atoms with Crippen LogP contribution in [0.15, 0.2) is 57.7 Å². The van der Waals surface area contributed by atoms with Crippen LogP contribution in [0.25, 0.3) is 11.0 Å². The lowest BCUT2D eigenvalue weighted by Gasteiger charge is -2.22. The molecule has 174 valence electrons. The van der Waals surface area contributed by atoms with E-state index in [2.05, 4.69) is 24.0 Å². The number of aromatic nitrogens is 2. The van der Waals surface area contributed by atoms with Gasteiger partial charge in [-0.15, -0.1) is 10.2 Å². The van der Waals surface area contributed by atoms with E-state index in [-0.39, 0.29) is 17.1 Å². The predicted octanol–water partition coefficient (Wildman–Crippen LogP) is 5.53. The molecule has 0 bridgehead atoms. The summed E-state index contributed by atoms with van der Waals surface area (Å²) < 4.78 is 11.9. The number of amides is 1. The Bertz CT molecular complexity index is 1410. The van der Waals surface area contributed by atoms with Crippen LogP contribution in [0.5, 0.6) is 5.75 Å². The van der Waals surface area contributed by atoms with Crippen LogP contribution in [0.3, 0.4) is 0 Å². The van der Waals surface area contributed by atoms with Gasteiger partial charge in [-0.2, -0.15) is 0 Å². The molecule has 0 radical (unpaired) electrons. The van der Waals surface area contributed by atoms with Crippen molar-refractivity contribution in [2.75, 3.05) is 11.5 Å². The number of ether oxygens (including phenoxy) is 1. The fraction of sp³-hybridized carbons (Fsp3) is 0.308. The van der Waals surface area contributed by atoms with Gasteiger partial charge in [0, 0.05) is 6.42 Å². The first-order valence-electron chi connectivity index (χ1n) is 11.6. The molecule has 2 aromatic carbocycles. The maximum atomic E-state index is 13.6. The molecule has 0 saturated heterocycles. The topological polar surface area (TPSA) is 85.5 Å². The van der Waals surface area contributed by atoms with E-state index in [1.54, 1.807) is 24.3 Å². The highest BCUT2D eigenvalue weighted by atomic mass is 32.1. The Labute approximate surface area is 201 Å². The molecule has 34 heavy (non-hydrogen) atoms. The Balaban J connectivity index is 1.67. The zero-order valence-electron chi connectivity index (χ0n) is 19.1. The zero-order chi connectivity index (χ0) is 23.7. The summed E-state index contributed by atoms with van der Waals surface area (Å²) in [6.45, 7) is 4.78. The highest BCUT2D eigenvalue weighted by Crippen LogP contribution is 2.42. The number of fused-ring (bicyclic) bond motifs is 2. The SMILES string of the molecule is CCCCOc1cccc(C2c3c(oc4ccccc4c3=O)C(=O)N2c2nnc(CCC)s2)c1. The van der Waals surface area contributed by atoms with Crippen LogP contribution in [-0.2, 0) is 6.42 Å². The fourth-order valence-corrected chi connectivity index (χ4v) is 5.17. The third kappa shape index (κ3) is 3.88. The summed E-state index contributed by atoms with van der Waals surface area (Å²) in [6.07, 6.45) is 3.68. The van der Waals surface area contributed by atoms with Gasteiger partial charge in [0.2, 0.25) is 10.9 Å². The van der Waals surface area contributed by atoms with E-state index in [1.165, 1.54) is 16.2 Å². The molecule has 5 rings (SSSR count). The van der Waals surface area contributed by atoms with Gasteiger partial charge in [0.1, 0.15) is 16.3 Å². The second-order valence-corrected chi connectivity index (χ2v) is 9.29. The van der Waals surface area contributed by atoms with Crippen molar-refractivity contribution < 1.29 is 13.9 Å². The van der Waals surface area contributed by atoms with Gasteiger partial charge in [-0.05, 0) is 42.7 Å². The van der Waals surface area contributed by atoms with E-state index in [0.717, 1.165) is 36.3 Å². The third-order valence-electron chi connectivity index (χ3n) is 5.84. The summed E-state index contributed by atoms with van der Waals surface area (Å²) in [7, 11) is 0. The molecule has 0 aliphatic carbocycles. The summed E-state index contributed by atoms with van der Waals surface area (Å²) in [5, 5.41) is 10.3. The second kappa shape index (κ2) is 9.38. The smallest absolute Gasteiger partial charge is 0.297 e. The monoisotopic (exact) mass is 475 g/mol. The van der Waals surface area contributed by atoms with Gasteiger partial charge in [-0.1, -0.05) is 55.9 Å². The van der Waals surface area contributed by atoms with Crippen molar-refractivity contribution in [3.05, 3.63) is 80.6 Å². The number of nitrogens with zero attached hydrogens (tertiary/aromatic N) is 3. The second-order valence-electron chi connectivity index (χ2n) is 8.25. The lowest BCUT2D eigenvalue weighted by Crippen LogP contribution is -2.29. The van der Waals surface area contributed by atoms with E-state index in [4.69, 9.17) is 9.15 Å². The van der Waals surface area contributed by atoms with Crippen LogP contribution in [0, 0.1) is 0 Å². The Morgan fingerprint density at radius 2 is 1.91 bits per heavy atom. The van der Waals surface area contributed by atoms with E-state index in [1.807, 2.05) is 24.3 Å². The van der Waals surface area contributed by atoms with Crippen molar-refractivity contribution in [2.24, 2.45) is 0 Å². The Morgan fingerprint density at radius 1 is 1.06 bits per heavy atom. The van der Waals surface area contributed by atoms with E-state index >= 15 is 0 Å². The number of carbonyl (C=O) groups is 1. The van der Waals surface area contributed by atoms with Gasteiger partial charge in [0.25, 0.3) is 5.91 Å². The lowest BCUT2D eigenvalue weighted by molar-refractivity contribution is 0.0970. The first-order chi connectivity index (χ1) is 16.6. The minimum Gasteiger partial charge on any atom is -0.494 e. The molecule has 1 aliphatic heterocycles. The summed E-state index contributed by atoms with van der Waals surface area (Å²) in [5.74, 6) is 0.360. The minimum absolute atomic E-state index is 0.0539. The molecule has 8 heteroatoms. The van der Waals surface area contributed by atoms with Crippen LogP contribution in [0.1, 0.15) is 65.8 Å². The number of rotatable bonds is 8. The van der Waals surface area contributed by atoms with Crippen molar-refractivity contribution in [1.29, 1.82) is 0 Å². The molecular formula is C26H25N3O4S. The number of aryl methyl sites for hydroxylation is 1. The van der Waals surface area contributed by atoms with Crippen LogP contribution in [-0.4, -0.2) is 22.7 Å². The summed E-state index contributed by atoms with van der Waals surface area (Å²) in [5.41, 5.74) is 1.26. The largest absolute Gasteiger partial charge is 0.494 e. The number of carbonyl (C=O) groups excluding carboxylic acids is 1. The lowest BCUT2D eigenvalue weighted by atomic mass is 9.98. The molecule has 7 nitrogen and oxygen atoms in total. The molecule has 0 spiro atoms. The highest BCUT2D eigenvalue weighted by Gasteiger charge is 2.45. The van der Waals surface area contributed by atoms with E-state index < -0.39 is 6.04 Å². The molecule has 3 heterocycles. The van der Waals surface area contributed by atoms with Crippen molar-refractivity contribution in [3.8, 4) is 5.75 Å². The first kappa shape index (κ1) is 22.3. The molecule has 1 aliphatic rings. The number of benzene rings is 2. The Hall–Kier alpha value is -3.52. The molecule has 1 atom stereocenters. The normalized spacial score (nSPS) is 15.2. The number of unbranched alkanes of at least 4 members (excludes halogenated alkanes) is 1. The van der Waals surface area contributed by atoms with Crippen LogP contribution in [0.2, 0.25) is 0 Å². The minimum atomic E-state index is -0.680. The van der Waals surface area contributed by atoms with Gasteiger partial charge >= 0.3 is 0 Å². The van der Waals surface area contributed by atoms with E-state index in [9.17, 15) is 9.59 Å². The van der Waals surface area contributed by atoms with Crippen LogP contribution in [0.4, 0.5) is 5.13 Å². The molecule has 0 N–H and O–H groups in total. The van der Waals surface area contributed by atoms with Crippen molar-refractivity contribution in [2.45, 2.75) is 45.6 Å². The average molecular weight is 476 g/mol. The van der Waals surface area contributed by atoms with Gasteiger partial charge in [-0.3, -0.25) is 14.5 Å². The average Bonchev–Trinajstić information content (AvgIpc) is 3.42. The van der Waals surface area contributed by atoms with Crippen LogP contribution >= 0.6 is 11.3 Å². The predicted molar refractivity (Wildman–Crippen MR) is 132 cm³/mol. The molecule has 0 fully saturated rings. The molecule has 1 amide bonds. The number of hydrogen-bond donors (Lipinski definition) is 0. The Kier molecular flexibility index (Phi) is 6.15. The third-order valence-corrected chi connectivity index (χ3v) is 6.83. The molecule has 4 aromatic rings. The first-order valence-corrected chi connectivity index (χ1v) is 12.4. The molecule has 0 saturated carbocycles. The maximum Gasteiger partial charge on any atom is 0.297 e. The number of anilines is 1. The van der Waals surface area contributed by atoms with E-state index in [0.29, 0.717) is 34.0 Å². The van der Waals surface area contributed by atoms with Crippen molar-refractivity contribution >= 4 is 33.3 Å².